The molecule has 2 N–H and O–H groups in total. The van der Waals surface area contributed by atoms with Crippen LogP contribution < -0.4 is 15.4 Å². The van der Waals surface area contributed by atoms with E-state index in [-0.39, 0.29) is 4.90 Å². The summed E-state index contributed by atoms with van der Waals surface area (Å²) >= 11 is 0. The average Bonchev–Trinajstić information content (AvgIpc) is 2.70. The Morgan fingerprint density at radius 2 is 1.69 bits per heavy atom. The van der Waals surface area contributed by atoms with E-state index in [0.29, 0.717) is 25.7 Å². The number of nitrogens with one attached hydrogen (secondary N) is 2. The van der Waals surface area contributed by atoms with Gasteiger partial charge in [-0.2, -0.15) is 0 Å². The molecule has 7 nitrogen and oxygen atoms in total. The molecule has 0 unspecified atom stereocenters. The second kappa shape index (κ2) is 10.8. The van der Waals surface area contributed by atoms with Gasteiger partial charge in [0.05, 0.1) is 18.0 Å². The van der Waals surface area contributed by atoms with Crippen molar-refractivity contribution in [1.29, 1.82) is 0 Å². The van der Waals surface area contributed by atoms with E-state index >= 15 is 0 Å². The van der Waals surface area contributed by atoms with Crippen LogP contribution in [0.1, 0.15) is 18.1 Å². The largest absolute Gasteiger partial charge is 0.492 e. The highest BCUT2D eigenvalue weighted by atomic mass is 32.2. The maximum absolute atomic E-state index is 12.1. The molecule has 158 valence electrons. The quantitative estimate of drug-likeness (QED) is 0.371. The summed E-state index contributed by atoms with van der Waals surface area (Å²) in [6, 6.07) is 14.7. The number of hydrogen-bond acceptors (Lipinski definition) is 4. The van der Waals surface area contributed by atoms with E-state index in [4.69, 9.17) is 4.74 Å². The van der Waals surface area contributed by atoms with Crippen LogP contribution in [0.5, 0.6) is 5.75 Å². The second-order valence-electron chi connectivity index (χ2n) is 6.71. The number of aliphatic imine (C=N–C) groups is 1. The summed E-state index contributed by atoms with van der Waals surface area (Å²) in [6.07, 6.45) is 0. The number of nitrogens with zero attached hydrogens (tertiary/aromatic N) is 2. The summed E-state index contributed by atoms with van der Waals surface area (Å²) in [5, 5.41) is 6.42. The third-order valence-corrected chi connectivity index (χ3v) is 5.98. The number of ether oxygens (including phenoxy) is 1. The predicted octanol–water partition coefficient (Wildman–Crippen LogP) is 2.38. The van der Waals surface area contributed by atoms with Crippen molar-refractivity contribution >= 4 is 16.0 Å². The summed E-state index contributed by atoms with van der Waals surface area (Å²) in [5.41, 5.74) is 2.13. The summed E-state index contributed by atoms with van der Waals surface area (Å²) in [6.45, 7) is 6.35. The van der Waals surface area contributed by atoms with Gasteiger partial charge in [-0.25, -0.2) is 17.7 Å². The normalized spacial score (nSPS) is 12.1. The van der Waals surface area contributed by atoms with Crippen LogP contribution in [0.2, 0.25) is 0 Å². The fourth-order valence-corrected chi connectivity index (χ4v) is 3.36. The van der Waals surface area contributed by atoms with Gasteiger partial charge in [-0.05, 0) is 43.7 Å². The van der Waals surface area contributed by atoms with Crippen LogP contribution in [0.15, 0.2) is 58.4 Å². The topological polar surface area (TPSA) is 83.0 Å². The first-order chi connectivity index (χ1) is 13.8. The monoisotopic (exact) mass is 418 g/mol. The summed E-state index contributed by atoms with van der Waals surface area (Å²) < 4.78 is 31.2. The SMILES string of the molecule is CCNC(=NCc1ccc(S(=O)(=O)N(C)C)cc1)NCCOc1ccc(C)cc1. The number of hydrogen-bond donors (Lipinski definition) is 2. The first-order valence-electron chi connectivity index (χ1n) is 9.56. The standard InChI is InChI=1S/C21H30N4O3S/c1-5-22-21(23-14-15-28-19-10-6-17(2)7-11-19)24-16-18-8-12-20(13-9-18)29(26,27)25(3)4/h6-13H,5,14-16H2,1-4H3,(H2,22,23,24). The molecule has 0 saturated carbocycles. The second-order valence-corrected chi connectivity index (χ2v) is 8.87. The molecule has 0 atom stereocenters. The zero-order chi connectivity index (χ0) is 21.3. The van der Waals surface area contributed by atoms with Gasteiger partial charge in [-0.15, -0.1) is 0 Å². The van der Waals surface area contributed by atoms with Gasteiger partial charge in [0.25, 0.3) is 0 Å². The molecule has 0 aliphatic heterocycles. The maximum atomic E-state index is 12.1. The van der Waals surface area contributed by atoms with Crippen molar-refractivity contribution in [2.24, 2.45) is 4.99 Å². The van der Waals surface area contributed by atoms with Gasteiger partial charge >= 0.3 is 0 Å². The zero-order valence-electron chi connectivity index (χ0n) is 17.5. The Morgan fingerprint density at radius 1 is 1.03 bits per heavy atom. The summed E-state index contributed by atoms with van der Waals surface area (Å²) in [4.78, 5) is 4.82. The van der Waals surface area contributed by atoms with Crippen LogP contribution in [-0.4, -0.2) is 52.5 Å². The van der Waals surface area contributed by atoms with Crippen LogP contribution in [0.25, 0.3) is 0 Å². The zero-order valence-corrected chi connectivity index (χ0v) is 18.3. The van der Waals surface area contributed by atoms with Crippen LogP contribution in [0, 0.1) is 6.92 Å². The fraction of sp³-hybridized carbons (Fsp3) is 0.381. The molecular weight excluding hydrogens is 388 g/mol. The van der Waals surface area contributed by atoms with Crippen molar-refractivity contribution in [1.82, 2.24) is 14.9 Å². The molecule has 0 radical (unpaired) electrons. The molecule has 2 rings (SSSR count). The minimum atomic E-state index is -3.41. The number of guanidine groups is 1. The molecule has 8 heteroatoms. The third-order valence-electron chi connectivity index (χ3n) is 4.15. The van der Waals surface area contributed by atoms with Gasteiger partial charge in [0.15, 0.2) is 5.96 Å². The summed E-state index contributed by atoms with van der Waals surface area (Å²) in [7, 11) is -0.378. The van der Waals surface area contributed by atoms with Crippen LogP contribution in [-0.2, 0) is 16.6 Å². The van der Waals surface area contributed by atoms with E-state index in [9.17, 15) is 8.42 Å². The molecular formula is C21H30N4O3S. The Kier molecular flexibility index (Phi) is 8.48. The lowest BCUT2D eigenvalue weighted by Gasteiger charge is -2.13. The lowest BCUT2D eigenvalue weighted by molar-refractivity contribution is 0.322. The Balaban J connectivity index is 1.88. The smallest absolute Gasteiger partial charge is 0.242 e. The van der Waals surface area contributed by atoms with E-state index in [2.05, 4.69) is 15.6 Å². The lowest BCUT2D eigenvalue weighted by atomic mass is 10.2. The predicted molar refractivity (Wildman–Crippen MR) is 117 cm³/mol. The minimum Gasteiger partial charge on any atom is -0.492 e. The Bertz CT molecular complexity index is 893. The molecule has 0 heterocycles. The molecule has 2 aromatic carbocycles. The Labute approximate surface area is 173 Å². The molecule has 0 spiro atoms. The third kappa shape index (κ3) is 7.07. The van der Waals surface area contributed by atoms with Crippen molar-refractivity contribution in [3.63, 3.8) is 0 Å². The van der Waals surface area contributed by atoms with E-state index in [1.54, 1.807) is 24.3 Å². The highest BCUT2D eigenvalue weighted by Gasteiger charge is 2.16. The number of rotatable bonds is 9. The maximum Gasteiger partial charge on any atom is 0.242 e. The molecule has 0 amide bonds. The van der Waals surface area contributed by atoms with E-state index < -0.39 is 10.0 Å². The van der Waals surface area contributed by atoms with E-state index in [1.165, 1.54) is 24.0 Å². The molecule has 2 aromatic rings. The van der Waals surface area contributed by atoms with Gasteiger partial charge in [0.1, 0.15) is 12.4 Å². The molecule has 0 fully saturated rings. The summed E-state index contributed by atoms with van der Waals surface area (Å²) in [5.74, 6) is 1.53. The molecule has 0 saturated heterocycles. The molecule has 29 heavy (non-hydrogen) atoms. The minimum absolute atomic E-state index is 0.272. The van der Waals surface area contributed by atoms with Crippen molar-refractivity contribution in [2.45, 2.75) is 25.3 Å². The number of benzene rings is 2. The van der Waals surface area contributed by atoms with Gasteiger partial charge in [-0.3, -0.25) is 0 Å². The van der Waals surface area contributed by atoms with Crippen LogP contribution in [0.3, 0.4) is 0 Å². The number of aryl methyl sites for hydroxylation is 1. The van der Waals surface area contributed by atoms with Crippen LogP contribution in [0.4, 0.5) is 0 Å². The highest BCUT2D eigenvalue weighted by Crippen LogP contribution is 2.14. The first-order valence-corrected chi connectivity index (χ1v) is 11.0. The molecule has 0 bridgehead atoms. The molecule has 0 aliphatic rings. The van der Waals surface area contributed by atoms with Gasteiger partial charge < -0.3 is 15.4 Å². The van der Waals surface area contributed by atoms with Gasteiger partial charge in [0.2, 0.25) is 10.0 Å². The lowest BCUT2D eigenvalue weighted by Crippen LogP contribution is -2.39. The Morgan fingerprint density at radius 3 is 2.28 bits per heavy atom. The fourth-order valence-electron chi connectivity index (χ4n) is 2.46. The van der Waals surface area contributed by atoms with Crippen molar-refractivity contribution in [3.05, 3.63) is 59.7 Å². The average molecular weight is 419 g/mol. The molecule has 0 aromatic heterocycles. The molecule has 0 aliphatic carbocycles. The highest BCUT2D eigenvalue weighted by molar-refractivity contribution is 7.89. The van der Waals surface area contributed by atoms with Crippen molar-refractivity contribution in [3.8, 4) is 5.75 Å². The van der Waals surface area contributed by atoms with Crippen molar-refractivity contribution < 1.29 is 13.2 Å². The van der Waals surface area contributed by atoms with E-state index in [0.717, 1.165) is 17.9 Å². The van der Waals surface area contributed by atoms with Gasteiger partial charge in [0, 0.05) is 20.6 Å². The van der Waals surface area contributed by atoms with Crippen LogP contribution >= 0.6 is 0 Å². The van der Waals surface area contributed by atoms with Gasteiger partial charge in [-0.1, -0.05) is 29.8 Å². The first kappa shape index (κ1) is 22.7. The number of sulfonamides is 1. The Hall–Kier alpha value is -2.58. The van der Waals surface area contributed by atoms with Crippen molar-refractivity contribution in [2.75, 3.05) is 33.8 Å². The van der Waals surface area contributed by atoms with E-state index in [1.807, 2.05) is 38.1 Å².